The molecule has 1 aromatic carbocycles. The summed E-state index contributed by atoms with van der Waals surface area (Å²) in [5, 5.41) is 7.13. The molecule has 2 aromatic heterocycles. The van der Waals surface area contributed by atoms with E-state index in [9.17, 15) is 0 Å². The Morgan fingerprint density at radius 2 is 2.12 bits per heavy atom. The number of aryl methyl sites for hydroxylation is 1. The van der Waals surface area contributed by atoms with Crippen molar-refractivity contribution < 1.29 is 0 Å². The van der Waals surface area contributed by atoms with Crippen molar-refractivity contribution in [3.05, 3.63) is 47.5 Å². The first-order chi connectivity index (χ1) is 7.81. The van der Waals surface area contributed by atoms with Gasteiger partial charge < -0.3 is 4.98 Å². The lowest BCUT2D eigenvalue weighted by atomic mass is 10.3. The fraction of sp³-hybridized carbons (Fsp3) is 0.167. The molecule has 0 aliphatic carbocycles. The van der Waals surface area contributed by atoms with Crippen LogP contribution in [0.2, 0.25) is 0 Å². The molecule has 80 valence electrons. The zero-order valence-electron chi connectivity index (χ0n) is 8.99. The van der Waals surface area contributed by atoms with Gasteiger partial charge in [0.15, 0.2) is 0 Å². The second kappa shape index (κ2) is 3.48. The summed E-state index contributed by atoms with van der Waals surface area (Å²) >= 11 is 0. The van der Waals surface area contributed by atoms with Crippen LogP contribution in [0.4, 0.5) is 0 Å². The van der Waals surface area contributed by atoms with Gasteiger partial charge in [0, 0.05) is 12.1 Å². The van der Waals surface area contributed by atoms with Gasteiger partial charge in [-0.15, -0.1) is 0 Å². The van der Waals surface area contributed by atoms with Crippen LogP contribution in [0.25, 0.3) is 11.0 Å². The quantitative estimate of drug-likeness (QED) is 0.684. The standard InChI is InChI=1S/C12H12N4/c1-8-6-9(16-15-8)7-12-13-10-4-2-3-5-11(10)14-12/h2-6H,7H2,1H3,(H,13,14)(H,15,16). The zero-order valence-corrected chi connectivity index (χ0v) is 8.99. The normalized spacial score (nSPS) is 11.1. The Labute approximate surface area is 92.7 Å². The van der Waals surface area contributed by atoms with Crippen LogP contribution in [-0.2, 0) is 6.42 Å². The molecule has 16 heavy (non-hydrogen) atoms. The van der Waals surface area contributed by atoms with Crippen molar-refractivity contribution in [1.29, 1.82) is 0 Å². The lowest BCUT2D eigenvalue weighted by Crippen LogP contribution is -1.90. The van der Waals surface area contributed by atoms with E-state index in [0.29, 0.717) is 0 Å². The van der Waals surface area contributed by atoms with Crippen LogP contribution < -0.4 is 0 Å². The van der Waals surface area contributed by atoms with Crippen LogP contribution in [-0.4, -0.2) is 20.2 Å². The maximum Gasteiger partial charge on any atom is 0.113 e. The highest BCUT2D eigenvalue weighted by Gasteiger charge is 2.04. The van der Waals surface area contributed by atoms with Gasteiger partial charge in [-0.05, 0) is 25.1 Å². The van der Waals surface area contributed by atoms with Crippen molar-refractivity contribution in [2.24, 2.45) is 0 Å². The number of benzene rings is 1. The molecule has 0 aliphatic rings. The number of para-hydroxylation sites is 2. The number of fused-ring (bicyclic) bond motifs is 1. The maximum absolute atomic E-state index is 4.51. The predicted molar refractivity (Wildman–Crippen MR) is 62.2 cm³/mol. The number of nitrogens with zero attached hydrogens (tertiary/aromatic N) is 2. The molecule has 4 nitrogen and oxygen atoms in total. The molecule has 0 spiro atoms. The summed E-state index contributed by atoms with van der Waals surface area (Å²) in [7, 11) is 0. The minimum atomic E-state index is 0.735. The van der Waals surface area contributed by atoms with Crippen LogP contribution in [0.5, 0.6) is 0 Å². The van der Waals surface area contributed by atoms with Gasteiger partial charge in [0.1, 0.15) is 5.82 Å². The molecule has 0 amide bonds. The van der Waals surface area contributed by atoms with Crippen molar-refractivity contribution in [3.8, 4) is 0 Å². The Morgan fingerprint density at radius 3 is 2.88 bits per heavy atom. The van der Waals surface area contributed by atoms with Crippen molar-refractivity contribution in [1.82, 2.24) is 20.2 Å². The van der Waals surface area contributed by atoms with E-state index in [1.807, 2.05) is 37.3 Å². The van der Waals surface area contributed by atoms with Gasteiger partial charge in [0.05, 0.1) is 16.7 Å². The third-order valence-electron chi connectivity index (χ3n) is 2.55. The van der Waals surface area contributed by atoms with E-state index in [1.54, 1.807) is 0 Å². The zero-order chi connectivity index (χ0) is 11.0. The molecule has 2 heterocycles. The van der Waals surface area contributed by atoms with Crippen molar-refractivity contribution in [2.75, 3.05) is 0 Å². The Balaban J connectivity index is 1.95. The summed E-state index contributed by atoms with van der Waals surface area (Å²) < 4.78 is 0. The van der Waals surface area contributed by atoms with E-state index in [2.05, 4.69) is 20.2 Å². The topological polar surface area (TPSA) is 57.4 Å². The van der Waals surface area contributed by atoms with Gasteiger partial charge in [-0.1, -0.05) is 12.1 Å². The van der Waals surface area contributed by atoms with E-state index in [0.717, 1.165) is 34.7 Å². The van der Waals surface area contributed by atoms with E-state index in [1.165, 1.54) is 0 Å². The van der Waals surface area contributed by atoms with Crippen LogP contribution >= 0.6 is 0 Å². The van der Waals surface area contributed by atoms with E-state index >= 15 is 0 Å². The molecule has 0 radical (unpaired) electrons. The molecule has 4 heteroatoms. The second-order valence-electron chi connectivity index (χ2n) is 3.92. The molecule has 3 aromatic rings. The van der Waals surface area contributed by atoms with Gasteiger partial charge in [0.25, 0.3) is 0 Å². The number of aromatic nitrogens is 4. The van der Waals surface area contributed by atoms with Crippen molar-refractivity contribution in [3.63, 3.8) is 0 Å². The number of imidazole rings is 1. The molecule has 0 atom stereocenters. The van der Waals surface area contributed by atoms with Crippen molar-refractivity contribution >= 4 is 11.0 Å². The number of aromatic amines is 2. The van der Waals surface area contributed by atoms with Crippen LogP contribution in [0.3, 0.4) is 0 Å². The molecule has 0 unspecified atom stereocenters. The Morgan fingerprint density at radius 1 is 1.25 bits per heavy atom. The van der Waals surface area contributed by atoms with Gasteiger partial charge in [-0.25, -0.2) is 4.98 Å². The molecule has 3 rings (SSSR count). The molecule has 0 saturated heterocycles. The summed E-state index contributed by atoms with van der Waals surface area (Å²) in [4.78, 5) is 7.80. The van der Waals surface area contributed by atoms with Gasteiger partial charge in [-0.3, -0.25) is 5.10 Å². The maximum atomic E-state index is 4.51. The number of H-pyrrole nitrogens is 2. The lowest BCUT2D eigenvalue weighted by Gasteiger charge is -1.89. The number of hydrogen-bond donors (Lipinski definition) is 2. The molecule has 2 N–H and O–H groups in total. The first-order valence-electron chi connectivity index (χ1n) is 5.26. The Bertz CT molecular complexity index is 588. The lowest BCUT2D eigenvalue weighted by molar-refractivity contribution is 0.942. The highest BCUT2D eigenvalue weighted by atomic mass is 15.1. The van der Waals surface area contributed by atoms with E-state index < -0.39 is 0 Å². The van der Waals surface area contributed by atoms with Crippen molar-refractivity contribution in [2.45, 2.75) is 13.3 Å². The fourth-order valence-electron chi connectivity index (χ4n) is 1.83. The third-order valence-corrected chi connectivity index (χ3v) is 2.55. The largest absolute Gasteiger partial charge is 0.342 e. The average molecular weight is 212 g/mol. The Kier molecular flexibility index (Phi) is 1.99. The first-order valence-corrected chi connectivity index (χ1v) is 5.26. The third kappa shape index (κ3) is 1.58. The van der Waals surface area contributed by atoms with Gasteiger partial charge >= 0.3 is 0 Å². The highest BCUT2D eigenvalue weighted by Crippen LogP contribution is 2.12. The van der Waals surface area contributed by atoms with Crippen LogP contribution in [0.1, 0.15) is 17.2 Å². The summed E-state index contributed by atoms with van der Waals surface area (Å²) in [5.74, 6) is 0.952. The van der Waals surface area contributed by atoms with Gasteiger partial charge in [0.2, 0.25) is 0 Å². The SMILES string of the molecule is Cc1cc(Cc2nc3ccccc3[nH]2)n[nH]1. The number of nitrogens with one attached hydrogen (secondary N) is 2. The molecule has 0 bridgehead atoms. The predicted octanol–water partition coefficient (Wildman–Crippen LogP) is 2.19. The number of rotatable bonds is 2. The second-order valence-corrected chi connectivity index (χ2v) is 3.92. The average Bonchev–Trinajstić information content (AvgIpc) is 2.84. The van der Waals surface area contributed by atoms with Gasteiger partial charge in [-0.2, -0.15) is 5.10 Å². The molecule has 0 aliphatic heterocycles. The fourth-order valence-corrected chi connectivity index (χ4v) is 1.83. The molecular weight excluding hydrogens is 200 g/mol. The summed E-state index contributed by atoms with van der Waals surface area (Å²) in [6, 6.07) is 10.1. The summed E-state index contributed by atoms with van der Waals surface area (Å²) in [6.07, 6.45) is 0.735. The van der Waals surface area contributed by atoms with Crippen LogP contribution in [0, 0.1) is 6.92 Å². The number of hydrogen-bond acceptors (Lipinski definition) is 2. The Hall–Kier alpha value is -2.10. The van der Waals surface area contributed by atoms with Crippen LogP contribution in [0.15, 0.2) is 30.3 Å². The highest BCUT2D eigenvalue weighted by molar-refractivity contribution is 5.74. The van der Waals surface area contributed by atoms with E-state index in [4.69, 9.17) is 0 Å². The summed E-state index contributed by atoms with van der Waals surface area (Å²) in [6.45, 7) is 2.00. The van der Waals surface area contributed by atoms with E-state index in [-0.39, 0.29) is 0 Å². The summed E-state index contributed by atoms with van der Waals surface area (Å²) in [5.41, 5.74) is 4.16. The monoisotopic (exact) mass is 212 g/mol. The first kappa shape index (κ1) is 9.15. The molecular formula is C12H12N4. The molecule has 0 saturated carbocycles. The minimum absolute atomic E-state index is 0.735. The molecule has 0 fully saturated rings. The minimum Gasteiger partial charge on any atom is -0.342 e. The smallest absolute Gasteiger partial charge is 0.113 e.